The number of nitrogens with two attached hydrogens (primary N) is 1. The minimum absolute atomic E-state index is 0.00838. The van der Waals surface area contributed by atoms with Crippen molar-refractivity contribution in [2.75, 3.05) is 18.8 Å². The molecule has 0 spiro atoms. The molecule has 0 radical (unpaired) electrons. The van der Waals surface area contributed by atoms with Gasteiger partial charge < -0.3 is 11.1 Å². The van der Waals surface area contributed by atoms with Crippen molar-refractivity contribution in [2.24, 2.45) is 5.73 Å². The van der Waals surface area contributed by atoms with Gasteiger partial charge in [-0.3, -0.25) is 4.79 Å². The lowest BCUT2D eigenvalue weighted by Gasteiger charge is -2.10. The van der Waals surface area contributed by atoms with Crippen molar-refractivity contribution >= 4 is 17.7 Å². The summed E-state index contributed by atoms with van der Waals surface area (Å²) >= 11 is 1.23. The highest BCUT2D eigenvalue weighted by Crippen LogP contribution is 2.13. The van der Waals surface area contributed by atoms with Crippen molar-refractivity contribution in [1.82, 2.24) is 5.32 Å². The van der Waals surface area contributed by atoms with Crippen molar-refractivity contribution in [3.8, 4) is 0 Å². The summed E-state index contributed by atoms with van der Waals surface area (Å²) in [6.45, 7) is 0.933. The largest absolute Gasteiger partial charge is 0.405 e. The average molecular weight is 230 g/mol. The van der Waals surface area contributed by atoms with E-state index in [2.05, 4.69) is 0 Å². The zero-order valence-electron chi connectivity index (χ0n) is 7.73. The summed E-state index contributed by atoms with van der Waals surface area (Å²) in [4.78, 5) is 10.8. The van der Waals surface area contributed by atoms with Crippen LogP contribution in [-0.2, 0) is 4.79 Å². The van der Waals surface area contributed by atoms with Crippen molar-refractivity contribution in [3.63, 3.8) is 0 Å². The predicted octanol–water partition coefficient (Wildman–Crippen LogP) is 0.745. The minimum Gasteiger partial charge on any atom is -0.346 e. The number of hydrogen-bond acceptors (Lipinski definition) is 3. The molecule has 0 aliphatic heterocycles. The summed E-state index contributed by atoms with van der Waals surface area (Å²) in [5.74, 6) is -0.610. The second-order valence-electron chi connectivity index (χ2n) is 2.75. The van der Waals surface area contributed by atoms with E-state index in [1.165, 1.54) is 11.8 Å². The van der Waals surface area contributed by atoms with Gasteiger partial charge in [0, 0.05) is 11.8 Å². The van der Waals surface area contributed by atoms with Gasteiger partial charge >= 0.3 is 6.18 Å². The average Bonchev–Trinajstić information content (AvgIpc) is 2.09. The van der Waals surface area contributed by atoms with Crippen LogP contribution < -0.4 is 11.1 Å². The molecule has 0 bridgehead atoms. The molecule has 0 rings (SSSR count). The first-order valence-corrected chi connectivity index (χ1v) is 5.05. The summed E-state index contributed by atoms with van der Waals surface area (Å²) in [5.41, 5.74) is 5.27. The van der Waals surface area contributed by atoms with Crippen molar-refractivity contribution in [3.05, 3.63) is 0 Å². The van der Waals surface area contributed by atoms with E-state index in [0.29, 0.717) is 6.54 Å². The molecular weight excluding hydrogens is 217 g/mol. The van der Waals surface area contributed by atoms with Crippen LogP contribution in [0.4, 0.5) is 13.2 Å². The molecule has 0 aromatic rings. The Morgan fingerprint density at radius 3 is 2.57 bits per heavy atom. The Morgan fingerprint density at radius 1 is 1.57 bits per heavy atom. The first-order valence-electron chi connectivity index (χ1n) is 4.00. The highest BCUT2D eigenvalue weighted by Gasteiger charge is 2.27. The number of amides is 1. The summed E-state index contributed by atoms with van der Waals surface area (Å²) in [5, 5.41) is 1.85. The standard InChI is InChI=1S/C7H13F3N2OS/c1-5(2-11)14-3-6(13)12-4-7(8,9)10/h5H,2-4,11H2,1H3,(H,12,13). The van der Waals surface area contributed by atoms with Crippen LogP contribution in [0.2, 0.25) is 0 Å². The highest BCUT2D eigenvalue weighted by atomic mass is 32.2. The Hall–Kier alpha value is -0.430. The van der Waals surface area contributed by atoms with Gasteiger partial charge in [-0.25, -0.2) is 0 Å². The number of rotatable bonds is 5. The predicted molar refractivity (Wildman–Crippen MR) is 50.0 cm³/mol. The molecule has 3 nitrogen and oxygen atoms in total. The first-order chi connectivity index (χ1) is 6.35. The molecule has 0 saturated heterocycles. The van der Waals surface area contributed by atoms with Gasteiger partial charge in [-0.05, 0) is 0 Å². The van der Waals surface area contributed by atoms with E-state index in [1.807, 2.05) is 6.92 Å². The van der Waals surface area contributed by atoms with Gasteiger partial charge in [0.25, 0.3) is 0 Å². The number of nitrogens with one attached hydrogen (secondary N) is 1. The van der Waals surface area contributed by atoms with Crippen LogP contribution in [0.5, 0.6) is 0 Å². The fourth-order valence-electron chi connectivity index (χ4n) is 0.536. The maximum atomic E-state index is 11.6. The topological polar surface area (TPSA) is 55.1 Å². The normalized spacial score (nSPS) is 13.8. The van der Waals surface area contributed by atoms with Crippen LogP contribution in [-0.4, -0.2) is 36.2 Å². The van der Waals surface area contributed by atoms with Crippen LogP contribution in [0.1, 0.15) is 6.92 Å². The number of hydrogen-bond donors (Lipinski definition) is 2. The third-order valence-corrected chi connectivity index (χ3v) is 2.51. The van der Waals surface area contributed by atoms with Crippen molar-refractivity contribution in [1.29, 1.82) is 0 Å². The van der Waals surface area contributed by atoms with E-state index >= 15 is 0 Å². The lowest BCUT2D eigenvalue weighted by molar-refractivity contribution is -0.136. The Morgan fingerprint density at radius 2 is 2.14 bits per heavy atom. The zero-order chi connectivity index (χ0) is 11.2. The van der Waals surface area contributed by atoms with E-state index in [9.17, 15) is 18.0 Å². The van der Waals surface area contributed by atoms with E-state index in [-0.39, 0.29) is 11.0 Å². The molecule has 1 atom stereocenters. The summed E-state index contributed by atoms with van der Waals surface area (Å²) < 4.78 is 34.9. The van der Waals surface area contributed by atoms with E-state index in [4.69, 9.17) is 5.73 Å². The van der Waals surface area contributed by atoms with Gasteiger partial charge in [-0.1, -0.05) is 6.92 Å². The second-order valence-corrected chi connectivity index (χ2v) is 4.18. The van der Waals surface area contributed by atoms with Crippen LogP contribution in [0.3, 0.4) is 0 Å². The fourth-order valence-corrected chi connectivity index (χ4v) is 1.21. The zero-order valence-corrected chi connectivity index (χ0v) is 8.54. The molecule has 1 unspecified atom stereocenters. The molecule has 1 amide bonds. The maximum Gasteiger partial charge on any atom is 0.405 e. The lowest BCUT2D eigenvalue weighted by Crippen LogP contribution is -2.35. The summed E-state index contributed by atoms with van der Waals surface area (Å²) in [7, 11) is 0. The molecule has 0 aliphatic rings. The SMILES string of the molecule is CC(CN)SCC(=O)NCC(F)(F)F. The van der Waals surface area contributed by atoms with Gasteiger partial charge in [0.1, 0.15) is 6.54 Å². The Balaban J connectivity index is 3.57. The van der Waals surface area contributed by atoms with Gasteiger partial charge in [-0.2, -0.15) is 13.2 Å². The van der Waals surface area contributed by atoms with Gasteiger partial charge in [-0.15, -0.1) is 11.8 Å². The summed E-state index contributed by atoms with van der Waals surface area (Å²) in [6.07, 6.45) is -4.35. The first kappa shape index (κ1) is 13.6. The molecule has 0 aliphatic carbocycles. The molecule has 3 N–H and O–H groups in total. The van der Waals surface area contributed by atoms with Crippen LogP contribution in [0, 0.1) is 0 Å². The molecule has 0 aromatic heterocycles. The van der Waals surface area contributed by atoms with E-state index in [1.54, 1.807) is 5.32 Å². The van der Waals surface area contributed by atoms with E-state index < -0.39 is 18.6 Å². The number of thioether (sulfide) groups is 1. The number of carbonyl (C=O) groups is 1. The quantitative estimate of drug-likeness (QED) is 0.732. The highest BCUT2D eigenvalue weighted by molar-refractivity contribution is 8.00. The smallest absolute Gasteiger partial charge is 0.346 e. The third-order valence-electron chi connectivity index (χ3n) is 1.32. The van der Waals surface area contributed by atoms with Crippen LogP contribution in [0.25, 0.3) is 0 Å². The number of halogens is 3. The van der Waals surface area contributed by atoms with E-state index in [0.717, 1.165) is 0 Å². The Labute approximate surface area is 84.6 Å². The fraction of sp³-hybridized carbons (Fsp3) is 0.857. The van der Waals surface area contributed by atoms with Crippen LogP contribution in [0.15, 0.2) is 0 Å². The maximum absolute atomic E-state index is 11.6. The Kier molecular flexibility index (Phi) is 5.94. The molecule has 0 fully saturated rings. The molecule has 14 heavy (non-hydrogen) atoms. The van der Waals surface area contributed by atoms with Gasteiger partial charge in [0.2, 0.25) is 5.91 Å². The lowest BCUT2D eigenvalue weighted by atomic mass is 10.5. The number of carbonyl (C=O) groups excluding carboxylic acids is 1. The molecule has 0 aromatic carbocycles. The number of alkyl halides is 3. The monoisotopic (exact) mass is 230 g/mol. The van der Waals surface area contributed by atoms with Gasteiger partial charge in [0.05, 0.1) is 5.75 Å². The summed E-state index contributed by atoms with van der Waals surface area (Å²) in [6, 6.07) is 0. The molecule has 84 valence electrons. The minimum atomic E-state index is -4.35. The molecule has 7 heteroatoms. The second kappa shape index (κ2) is 6.13. The third kappa shape index (κ3) is 8.18. The molecular formula is C7H13F3N2OS. The van der Waals surface area contributed by atoms with Crippen LogP contribution >= 0.6 is 11.8 Å². The van der Waals surface area contributed by atoms with Gasteiger partial charge in [0.15, 0.2) is 0 Å². The Bertz CT molecular complexity index is 186. The molecule has 0 heterocycles. The van der Waals surface area contributed by atoms with Crippen molar-refractivity contribution < 1.29 is 18.0 Å². The van der Waals surface area contributed by atoms with Crippen molar-refractivity contribution in [2.45, 2.75) is 18.3 Å². The molecule has 0 saturated carbocycles.